The van der Waals surface area contributed by atoms with Crippen molar-refractivity contribution in [2.75, 3.05) is 0 Å². The average molecular weight is 393 g/mol. The Labute approximate surface area is 166 Å². The molecule has 4 aromatic rings. The van der Waals surface area contributed by atoms with Crippen molar-refractivity contribution < 1.29 is 4.52 Å². The molecule has 6 nitrogen and oxygen atoms in total. The minimum Gasteiger partial charge on any atom is -0.339 e. The summed E-state index contributed by atoms with van der Waals surface area (Å²) in [6, 6.07) is 18.4. The number of benzene rings is 2. The Bertz CT molecular complexity index is 1180. The van der Waals surface area contributed by atoms with E-state index in [9.17, 15) is 4.79 Å². The molecule has 0 aliphatic heterocycles. The van der Waals surface area contributed by atoms with E-state index in [1.165, 1.54) is 10.7 Å². The Hall–Kier alpha value is -3.25. The number of hydrogen-bond acceptors (Lipinski definition) is 5. The molecule has 7 heteroatoms. The highest BCUT2D eigenvalue weighted by molar-refractivity contribution is 6.30. The monoisotopic (exact) mass is 392 g/mol. The molecule has 28 heavy (non-hydrogen) atoms. The van der Waals surface area contributed by atoms with Gasteiger partial charge in [-0.25, -0.2) is 4.68 Å². The molecule has 0 bridgehead atoms. The summed E-state index contributed by atoms with van der Waals surface area (Å²) in [5.74, 6) is 0.991. The van der Waals surface area contributed by atoms with E-state index < -0.39 is 0 Å². The van der Waals surface area contributed by atoms with Crippen LogP contribution in [0.15, 0.2) is 70.0 Å². The highest BCUT2D eigenvalue weighted by Crippen LogP contribution is 2.20. The van der Waals surface area contributed by atoms with Crippen LogP contribution in [0.25, 0.3) is 22.6 Å². The van der Waals surface area contributed by atoms with Crippen LogP contribution in [0, 0.1) is 6.92 Å². The van der Waals surface area contributed by atoms with Gasteiger partial charge in [0.2, 0.25) is 11.7 Å². The van der Waals surface area contributed by atoms with Crippen molar-refractivity contribution in [1.82, 2.24) is 19.9 Å². The van der Waals surface area contributed by atoms with Crippen molar-refractivity contribution >= 4 is 11.6 Å². The normalized spacial score (nSPS) is 10.9. The van der Waals surface area contributed by atoms with E-state index >= 15 is 0 Å². The molecule has 0 atom stereocenters. The third kappa shape index (κ3) is 4.02. The predicted molar refractivity (Wildman–Crippen MR) is 107 cm³/mol. The van der Waals surface area contributed by atoms with Gasteiger partial charge in [0.05, 0.1) is 12.2 Å². The maximum Gasteiger partial charge on any atom is 0.266 e. The van der Waals surface area contributed by atoms with Gasteiger partial charge in [-0.1, -0.05) is 52.7 Å². The molecule has 4 rings (SSSR count). The second-order valence-corrected chi connectivity index (χ2v) is 6.86. The quantitative estimate of drug-likeness (QED) is 0.509. The number of aryl methyl sites for hydroxylation is 3. The molecular formula is C21H17ClN4O2. The molecule has 0 spiro atoms. The Morgan fingerprint density at radius 1 is 1.04 bits per heavy atom. The summed E-state index contributed by atoms with van der Waals surface area (Å²) in [5.41, 5.74) is 3.35. The first-order valence-corrected chi connectivity index (χ1v) is 9.20. The SMILES string of the molecule is Cc1cccc(-c2noc(CCn3nc(-c4cccc(Cl)c4)ccc3=O)n2)c1. The van der Waals surface area contributed by atoms with Crippen LogP contribution < -0.4 is 5.56 Å². The molecule has 0 aliphatic carbocycles. The number of nitrogens with zero attached hydrogens (tertiary/aromatic N) is 4. The first-order valence-electron chi connectivity index (χ1n) is 8.82. The summed E-state index contributed by atoms with van der Waals surface area (Å²) in [5, 5.41) is 9.08. The molecule has 140 valence electrons. The Balaban J connectivity index is 1.52. The number of halogens is 1. The van der Waals surface area contributed by atoms with Crippen LogP contribution >= 0.6 is 11.6 Å². The van der Waals surface area contributed by atoms with Crippen molar-refractivity contribution in [2.45, 2.75) is 19.9 Å². The molecule has 0 aliphatic rings. The summed E-state index contributed by atoms with van der Waals surface area (Å²) in [7, 11) is 0. The first-order chi connectivity index (χ1) is 13.6. The van der Waals surface area contributed by atoms with Gasteiger partial charge in [0.1, 0.15) is 0 Å². The summed E-state index contributed by atoms with van der Waals surface area (Å²) < 4.78 is 6.73. The molecular weight excluding hydrogens is 376 g/mol. The Morgan fingerprint density at radius 3 is 2.68 bits per heavy atom. The van der Waals surface area contributed by atoms with Crippen LogP contribution in [0.5, 0.6) is 0 Å². The van der Waals surface area contributed by atoms with Crippen LogP contribution in [0.2, 0.25) is 5.02 Å². The average Bonchev–Trinajstić information content (AvgIpc) is 3.16. The van der Waals surface area contributed by atoms with E-state index in [-0.39, 0.29) is 5.56 Å². The molecule has 2 aromatic heterocycles. The summed E-state index contributed by atoms with van der Waals surface area (Å²) in [6.45, 7) is 2.35. The topological polar surface area (TPSA) is 73.8 Å². The molecule has 2 aromatic carbocycles. The summed E-state index contributed by atoms with van der Waals surface area (Å²) in [4.78, 5) is 16.6. The number of aromatic nitrogens is 4. The molecule has 0 saturated carbocycles. The van der Waals surface area contributed by atoms with E-state index in [1.807, 2.05) is 49.4 Å². The van der Waals surface area contributed by atoms with E-state index in [1.54, 1.807) is 12.1 Å². The van der Waals surface area contributed by atoms with Crippen LogP contribution in [0.4, 0.5) is 0 Å². The van der Waals surface area contributed by atoms with Gasteiger partial charge in [-0.15, -0.1) is 0 Å². The molecule has 2 heterocycles. The molecule has 0 radical (unpaired) electrons. The summed E-state index contributed by atoms with van der Waals surface area (Å²) >= 11 is 6.05. The fourth-order valence-corrected chi connectivity index (χ4v) is 3.06. The lowest BCUT2D eigenvalue weighted by Crippen LogP contribution is -2.23. The minimum absolute atomic E-state index is 0.191. The van der Waals surface area contributed by atoms with Crippen molar-refractivity contribution in [3.05, 3.63) is 87.5 Å². The van der Waals surface area contributed by atoms with Gasteiger partial charge >= 0.3 is 0 Å². The molecule has 0 N–H and O–H groups in total. The van der Waals surface area contributed by atoms with Crippen molar-refractivity contribution in [3.8, 4) is 22.6 Å². The molecule has 0 fully saturated rings. The van der Waals surface area contributed by atoms with Gasteiger partial charge in [0.25, 0.3) is 5.56 Å². The van der Waals surface area contributed by atoms with Gasteiger partial charge in [-0.05, 0) is 31.2 Å². The van der Waals surface area contributed by atoms with Gasteiger partial charge < -0.3 is 4.52 Å². The lowest BCUT2D eigenvalue weighted by Gasteiger charge is -2.06. The van der Waals surface area contributed by atoms with Crippen LogP contribution in [-0.4, -0.2) is 19.9 Å². The van der Waals surface area contributed by atoms with Gasteiger partial charge in [-0.3, -0.25) is 4.79 Å². The van der Waals surface area contributed by atoms with E-state index in [2.05, 4.69) is 15.2 Å². The zero-order chi connectivity index (χ0) is 19.5. The zero-order valence-corrected chi connectivity index (χ0v) is 15.9. The van der Waals surface area contributed by atoms with Crippen molar-refractivity contribution in [3.63, 3.8) is 0 Å². The Kier molecular flexibility index (Phi) is 5.04. The third-order valence-electron chi connectivity index (χ3n) is 4.27. The third-order valence-corrected chi connectivity index (χ3v) is 4.50. The van der Waals surface area contributed by atoms with E-state index in [4.69, 9.17) is 16.1 Å². The number of hydrogen-bond donors (Lipinski definition) is 0. The minimum atomic E-state index is -0.191. The van der Waals surface area contributed by atoms with Crippen molar-refractivity contribution in [2.24, 2.45) is 0 Å². The maximum absolute atomic E-state index is 12.2. The Morgan fingerprint density at radius 2 is 1.86 bits per heavy atom. The van der Waals surface area contributed by atoms with Crippen LogP contribution in [0.1, 0.15) is 11.5 Å². The fourth-order valence-electron chi connectivity index (χ4n) is 2.87. The highest BCUT2D eigenvalue weighted by atomic mass is 35.5. The lowest BCUT2D eigenvalue weighted by molar-refractivity contribution is 0.368. The fraction of sp³-hybridized carbons (Fsp3) is 0.143. The smallest absolute Gasteiger partial charge is 0.266 e. The van der Waals surface area contributed by atoms with E-state index in [0.29, 0.717) is 35.4 Å². The van der Waals surface area contributed by atoms with Crippen molar-refractivity contribution in [1.29, 1.82) is 0 Å². The van der Waals surface area contributed by atoms with Crippen LogP contribution in [-0.2, 0) is 13.0 Å². The molecule has 0 amide bonds. The first kappa shape index (κ1) is 18.1. The van der Waals surface area contributed by atoms with Gasteiger partial charge in [0, 0.05) is 28.6 Å². The number of rotatable bonds is 5. The molecule has 0 saturated heterocycles. The van der Waals surface area contributed by atoms with Gasteiger partial charge in [0.15, 0.2) is 0 Å². The maximum atomic E-state index is 12.2. The standard InChI is InChI=1S/C21H17ClN4O2/c1-14-4-2-6-16(12-14)21-23-19(28-25-21)10-11-26-20(27)9-8-18(24-26)15-5-3-7-17(22)13-15/h2-9,12-13H,10-11H2,1H3. The lowest BCUT2D eigenvalue weighted by atomic mass is 10.1. The second-order valence-electron chi connectivity index (χ2n) is 6.42. The highest BCUT2D eigenvalue weighted by Gasteiger charge is 2.10. The van der Waals surface area contributed by atoms with Gasteiger partial charge in [-0.2, -0.15) is 10.1 Å². The van der Waals surface area contributed by atoms with Crippen LogP contribution in [0.3, 0.4) is 0 Å². The zero-order valence-electron chi connectivity index (χ0n) is 15.2. The largest absolute Gasteiger partial charge is 0.339 e. The second kappa shape index (κ2) is 7.78. The predicted octanol–water partition coefficient (Wildman–Crippen LogP) is 4.16. The summed E-state index contributed by atoms with van der Waals surface area (Å²) in [6.07, 6.45) is 0.407. The van der Waals surface area contributed by atoms with E-state index in [0.717, 1.165) is 16.7 Å². The molecule has 0 unspecified atom stereocenters.